The van der Waals surface area contributed by atoms with E-state index in [1.165, 1.54) is 26.2 Å². The van der Waals surface area contributed by atoms with Crippen LogP contribution in [0.5, 0.6) is 17.2 Å². The number of phenolic OH excluding ortho intramolecular Hbond substituents is 1. The van der Waals surface area contributed by atoms with Gasteiger partial charge in [0.1, 0.15) is 23.1 Å². The molecule has 0 radical (unpaired) electrons. The Kier molecular flexibility index (Phi) is 7.54. The van der Waals surface area contributed by atoms with Crippen LogP contribution in [-0.4, -0.2) is 23.5 Å². The van der Waals surface area contributed by atoms with Gasteiger partial charge in [0.25, 0.3) is 0 Å². The first-order chi connectivity index (χ1) is 18.1. The number of hydrogen-bond acceptors (Lipinski definition) is 5. The van der Waals surface area contributed by atoms with Crippen molar-refractivity contribution in [3.8, 4) is 28.4 Å². The number of aromatic hydroxyl groups is 1. The summed E-state index contributed by atoms with van der Waals surface area (Å²) in [6.07, 6.45) is 9.17. The summed E-state index contributed by atoms with van der Waals surface area (Å²) in [6, 6.07) is 7.31. The van der Waals surface area contributed by atoms with E-state index in [0.29, 0.717) is 29.2 Å². The van der Waals surface area contributed by atoms with Crippen LogP contribution in [0.3, 0.4) is 0 Å². The molecule has 2 aromatic carbocycles. The molecular formula is C32H36FNO4. The standard InChI is InChI=1S/C30H30FNO4.C2H6/c1-16-15-30(3,4)32-22-9-8-21-27(26(16)22)25(36-24-11-10-23(34)29(35-5)28(21)24)13-18-6-7-20(31)14-19(12-18)17(2)33;1-2/h6-11,13-15,18-19,32,34H,12H2,1-5H3;1-2H3/b25-13-;. The van der Waals surface area contributed by atoms with Crippen LogP contribution >= 0.6 is 0 Å². The van der Waals surface area contributed by atoms with Gasteiger partial charge in [0, 0.05) is 34.2 Å². The summed E-state index contributed by atoms with van der Waals surface area (Å²) in [5.74, 6) is 0.332. The number of fused-ring (bicyclic) bond motifs is 5. The molecular weight excluding hydrogens is 481 g/mol. The maximum absolute atomic E-state index is 14.2. The number of ketones is 1. The quantitative estimate of drug-likeness (QED) is 0.431. The number of phenols is 1. The first-order valence-corrected chi connectivity index (χ1v) is 13.1. The molecule has 0 aromatic heterocycles. The van der Waals surface area contributed by atoms with Crippen LogP contribution in [0.15, 0.2) is 60.5 Å². The van der Waals surface area contributed by atoms with Gasteiger partial charge in [-0.25, -0.2) is 4.39 Å². The maximum atomic E-state index is 14.2. The monoisotopic (exact) mass is 517 g/mol. The molecule has 2 atom stereocenters. The topological polar surface area (TPSA) is 67.8 Å². The molecule has 0 bridgehead atoms. The highest BCUT2D eigenvalue weighted by molar-refractivity contribution is 5.99. The molecule has 0 fully saturated rings. The van der Waals surface area contributed by atoms with E-state index in [1.807, 2.05) is 32.1 Å². The molecule has 38 heavy (non-hydrogen) atoms. The van der Waals surface area contributed by atoms with Crippen molar-refractivity contribution in [2.75, 3.05) is 12.4 Å². The van der Waals surface area contributed by atoms with Crippen molar-refractivity contribution in [2.24, 2.45) is 11.8 Å². The second kappa shape index (κ2) is 10.5. The Morgan fingerprint density at radius 3 is 2.61 bits per heavy atom. The fraction of sp³-hybridized carbons (Fsp3) is 0.344. The number of carbonyl (C=O) groups is 1. The van der Waals surface area contributed by atoms with Crippen LogP contribution in [0.4, 0.5) is 10.1 Å². The van der Waals surface area contributed by atoms with Gasteiger partial charge in [-0.3, -0.25) is 4.79 Å². The average molecular weight is 518 g/mol. The third-order valence-corrected chi connectivity index (χ3v) is 6.95. The van der Waals surface area contributed by atoms with Crippen LogP contribution in [0.1, 0.15) is 59.1 Å². The Hall–Kier alpha value is -3.80. The normalized spacial score (nSPS) is 21.6. The second-order valence-electron chi connectivity index (χ2n) is 10.2. The van der Waals surface area contributed by atoms with Crippen molar-refractivity contribution < 1.29 is 23.8 Å². The molecule has 6 heteroatoms. The van der Waals surface area contributed by atoms with E-state index in [1.54, 1.807) is 18.2 Å². The molecule has 0 spiro atoms. The van der Waals surface area contributed by atoms with Crippen molar-refractivity contribution in [3.05, 3.63) is 71.6 Å². The predicted octanol–water partition coefficient (Wildman–Crippen LogP) is 8.07. The number of Topliss-reactive ketones (excluding diaryl/α,β-unsaturated/α-hetero) is 1. The van der Waals surface area contributed by atoms with Gasteiger partial charge < -0.3 is 19.9 Å². The highest BCUT2D eigenvalue weighted by atomic mass is 19.1. The van der Waals surface area contributed by atoms with E-state index in [0.717, 1.165) is 28.0 Å². The molecule has 0 saturated carbocycles. The molecule has 2 heterocycles. The number of benzene rings is 2. The van der Waals surface area contributed by atoms with Crippen LogP contribution in [0, 0.1) is 11.8 Å². The van der Waals surface area contributed by atoms with Crippen molar-refractivity contribution in [1.29, 1.82) is 0 Å². The Labute approximate surface area is 224 Å². The first-order valence-electron chi connectivity index (χ1n) is 13.1. The van der Waals surface area contributed by atoms with E-state index < -0.39 is 11.7 Å². The number of anilines is 1. The molecule has 1 aliphatic carbocycles. The molecule has 2 unspecified atom stereocenters. The molecule has 2 aromatic rings. The lowest BCUT2D eigenvalue weighted by molar-refractivity contribution is -0.119. The van der Waals surface area contributed by atoms with Crippen LogP contribution in [0.2, 0.25) is 0 Å². The van der Waals surface area contributed by atoms with E-state index in [4.69, 9.17) is 9.47 Å². The third kappa shape index (κ3) is 5.00. The van der Waals surface area contributed by atoms with Gasteiger partial charge in [0.05, 0.1) is 18.2 Å². The highest BCUT2D eigenvalue weighted by Crippen LogP contribution is 2.54. The van der Waals surface area contributed by atoms with Crippen LogP contribution < -0.4 is 14.8 Å². The fourth-order valence-corrected chi connectivity index (χ4v) is 5.47. The Bertz CT molecular complexity index is 1400. The van der Waals surface area contributed by atoms with Gasteiger partial charge in [-0.1, -0.05) is 32.1 Å². The molecule has 2 N–H and O–H groups in total. The predicted molar refractivity (Wildman–Crippen MR) is 152 cm³/mol. The van der Waals surface area contributed by atoms with Crippen molar-refractivity contribution >= 4 is 22.8 Å². The lowest BCUT2D eigenvalue weighted by Crippen LogP contribution is -2.32. The summed E-state index contributed by atoms with van der Waals surface area (Å²) in [7, 11) is 1.52. The van der Waals surface area contributed by atoms with Gasteiger partial charge in [0.15, 0.2) is 11.5 Å². The third-order valence-electron chi connectivity index (χ3n) is 6.95. The minimum Gasteiger partial charge on any atom is -0.504 e. The van der Waals surface area contributed by atoms with Crippen molar-refractivity contribution in [3.63, 3.8) is 0 Å². The number of ether oxygens (including phenoxy) is 2. The van der Waals surface area contributed by atoms with E-state index in [-0.39, 0.29) is 23.0 Å². The van der Waals surface area contributed by atoms with Gasteiger partial charge in [-0.15, -0.1) is 0 Å². The maximum Gasteiger partial charge on any atom is 0.172 e. The Morgan fingerprint density at radius 1 is 1.18 bits per heavy atom. The summed E-state index contributed by atoms with van der Waals surface area (Å²) in [6.45, 7) is 11.8. The zero-order chi connectivity index (χ0) is 27.8. The van der Waals surface area contributed by atoms with E-state index in [2.05, 4.69) is 32.2 Å². The molecule has 5 rings (SSSR count). The van der Waals surface area contributed by atoms with Crippen molar-refractivity contribution in [1.82, 2.24) is 0 Å². The molecule has 0 amide bonds. The summed E-state index contributed by atoms with van der Waals surface area (Å²) < 4.78 is 26.3. The summed E-state index contributed by atoms with van der Waals surface area (Å²) in [5, 5.41) is 14.1. The summed E-state index contributed by atoms with van der Waals surface area (Å²) in [5.41, 5.74) is 5.25. The Morgan fingerprint density at radius 2 is 1.92 bits per heavy atom. The number of allylic oxidation sites excluding steroid dienone is 6. The SMILES string of the molecule is CC.COc1c(O)ccc2c1-c1ccc3c(c1/C(=C/C1C=CC(F)=CC(C(C)=O)C1)O2)C(C)=CC(C)(C)N3. The molecule has 5 nitrogen and oxygen atoms in total. The Balaban J connectivity index is 0.00000164. The number of halogens is 1. The number of carbonyl (C=O) groups excluding carboxylic acids is 1. The summed E-state index contributed by atoms with van der Waals surface area (Å²) in [4.78, 5) is 12.2. The molecule has 0 saturated heterocycles. The largest absolute Gasteiger partial charge is 0.504 e. The van der Waals surface area contributed by atoms with Gasteiger partial charge in [0.2, 0.25) is 0 Å². The van der Waals surface area contributed by atoms with Crippen LogP contribution in [-0.2, 0) is 4.79 Å². The molecule has 2 aliphatic heterocycles. The second-order valence-corrected chi connectivity index (χ2v) is 10.2. The molecule has 200 valence electrons. The lowest BCUT2D eigenvalue weighted by atomic mass is 9.82. The van der Waals surface area contributed by atoms with Gasteiger partial charge >= 0.3 is 0 Å². The zero-order valence-corrected chi connectivity index (χ0v) is 23.1. The highest BCUT2D eigenvalue weighted by Gasteiger charge is 2.34. The minimum atomic E-state index is -0.511. The average Bonchev–Trinajstić information content (AvgIpc) is 3.05. The fourth-order valence-electron chi connectivity index (χ4n) is 5.47. The number of hydrogen-bond donors (Lipinski definition) is 2. The smallest absolute Gasteiger partial charge is 0.172 e. The first kappa shape index (κ1) is 27.2. The van der Waals surface area contributed by atoms with Crippen LogP contribution in [0.25, 0.3) is 22.5 Å². The zero-order valence-electron chi connectivity index (χ0n) is 23.1. The number of nitrogens with one attached hydrogen (secondary N) is 1. The molecule has 3 aliphatic rings. The number of rotatable bonds is 3. The van der Waals surface area contributed by atoms with Gasteiger partial charge in [-0.05, 0) is 76.1 Å². The number of methoxy groups -OCH3 is 1. The van der Waals surface area contributed by atoms with Gasteiger partial charge in [-0.2, -0.15) is 0 Å². The van der Waals surface area contributed by atoms with Crippen molar-refractivity contribution in [2.45, 2.75) is 53.5 Å². The summed E-state index contributed by atoms with van der Waals surface area (Å²) >= 11 is 0. The van der Waals surface area contributed by atoms with E-state index in [9.17, 15) is 14.3 Å². The van der Waals surface area contributed by atoms with E-state index >= 15 is 0 Å². The lowest BCUT2D eigenvalue weighted by Gasteiger charge is -2.35. The minimum absolute atomic E-state index is 0.0278.